The molecule has 0 radical (unpaired) electrons. The summed E-state index contributed by atoms with van der Waals surface area (Å²) in [5.41, 5.74) is 3.33. The number of fused-ring (bicyclic) bond motifs is 1. The van der Waals surface area contributed by atoms with Crippen molar-refractivity contribution in [1.29, 1.82) is 0 Å². The number of rotatable bonds is 6. The Kier molecular flexibility index (Phi) is 6.98. The summed E-state index contributed by atoms with van der Waals surface area (Å²) >= 11 is 6.25. The molecule has 5 rings (SSSR count). The first-order valence-electron chi connectivity index (χ1n) is 12.4. The third kappa shape index (κ3) is 5.42. The van der Waals surface area contributed by atoms with Crippen molar-refractivity contribution >= 4 is 28.5 Å². The predicted molar refractivity (Wildman–Crippen MR) is 133 cm³/mol. The molecule has 1 saturated heterocycles. The van der Waals surface area contributed by atoms with Crippen LogP contribution in [0, 0.1) is 5.92 Å². The number of hydrogen-bond acceptors (Lipinski definition) is 3. The second kappa shape index (κ2) is 10.3. The maximum atomic E-state index is 12.6. The van der Waals surface area contributed by atoms with Crippen LogP contribution in [0.15, 0.2) is 48.5 Å². The van der Waals surface area contributed by atoms with Crippen LogP contribution in [0.3, 0.4) is 0 Å². The first-order valence-corrected chi connectivity index (χ1v) is 12.7. The van der Waals surface area contributed by atoms with E-state index >= 15 is 0 Å². The minimum absolute atomic E-state index is 0.237. The number of benzene rings is 2. The molecule has 33 heavy (non-hydrogen) atoms. The Labute approximate surface area is 201 Å². The Balaban J connectivity index is 1.25. The quantitative estimate of drug-likeness (QED) is 0.531. The van der Waals surface area contributed by atoms with Gasteiger partial charge in [-0.1, -0.05) is 61.2 Å². The van der Waals surface area contributed by atoms with Gasteiger partial charge in [0.25, 0.3) is 0 Å². The van der Waals surface area contributed by atoms with E-state index in [1.165, 1.54) is 24.8 Å². The zero-order valence-electron chi connectivity index (χ0n) is 19.2. The molecule has 0 unspecified atom stereocenters. The highest BCUT2D eigenvalue weighted by Gasteiger charge is 2.26. The summed E-state index contributed by atoms with van der Waals surface area (Å²) in [5.74, 6) is 1.59. The smallest absolute Gasteiger partial charge is 0.223 e. The highest BCUT2D eigenvalue weighted by atomic mass is 35.5. The lowest BCUT2D eigenvalue weighted by Crippen LogP contribution is -2.46. The molecule has 1 aromatic heterocycles. The Bertz CT molecular complexity index is 1080. The fraction of sp³-hybridized carbons (Fsp3) is 0.481. The molecular formula is C27H33ClN4O. The van der Waals surface area contributed by atoms with Crippen LogP contribution in [0.25, 0.3) is 11.0 Å². The van der Waals surface area contributed by atoms with E-state index in [2.05, 4.69) is 45.1 Å². The van der Waals surface area contributed by atoms with Gasteiger partial charge in [-0.2, -0.15) is 0 Å². The van der Waals surface area contributed by atoms with E-state index in [0.29, 0.717) is 11.1 Å². The van der Waals surface area contributed by atoms with Gasteiger partial charge in [-0.3, -0.25) is 9.69 Å². The van der Waals surface area contributed by atoms with Gasteiger partial charge in [-0.05, 0) is 49.4 Å². The Morgan fingerprint density at radius 1 is 0.970 bits per heavy atom. The van der Waals surface area contributed by atoms with Crippen LogP contribution in [0.2, 0.25) is 5.02 Å². The molecule has 1 aliphatic heterocycles. The molecule has 1 N–H and O–H groups in total. The van der Waals surface area contributed by atoms with Gasteiger partial charge < -0.3 is 9.88 Å². The number of amides is 1. The standard InChI is InChI=1S/C27H33ClN4O/c28-22-11-12-25-24(17-22)30-26(32(25)18-20-7-3-1-4-8-20)19-31-15-13-23(14-16-31)29-27(33)21-9-5-2-6-10-21/h1,3-4,7-8,11-12,17,21,23H,2,5-6,9-10,13-16,18-19H2,(H,29,33). The molecule has 0 atom stereocenters. The average molecular weight is 465 g/mol. The second-order valence-electron chi connectivity index (χ2n) is 9.63. The number of nitrogens with one attached hydrogen (secondary N) is 1. The summed E-state index contributed by atoms with van der Waals surface area (Å²) in [6.07, 6.45) is 7.81. The number of piperidine rings is 1. The minimum Gasteiger partial charge on any atom is -0.353 e. The fourth-order valence-corrected chi connectivity index (χ4v) is 5.50. The van der Waals surface area contributed by atoms with Crippen molar-refractivity contribution in [3.05, 3.63) is 64.9 Å². The van der Waals surface area contributed by atoms with E-state index < -0.39 is 0 Å². The zero-order valence-corrected chi connectivity index (χ0v) is 19.9. The maximum Gasteiger partial charge on any atom is 0.223 e. The maximum absolute atomic E-state index is 12.6. The van der Waals surface area contributed by atoms with E-state index in [1.807, 2.05) is 18.2 Å². The van der Waals surface area contributed by atoms with Crippen molar-refractivity contribution in [2.75, 3.05) is 13.1 Å². The van der Waals surface area contributed by atoms with Crippen molar-refractivity contribution in [2.45, 2.75) is 64.1 Å². The third-order valence-corrected chi connectivity index (χ3v) is 7.48. The lowest BCUT2D eigenvalue weighted by atomic mass is 9.88. The SMILES string of the molecule is O=C(NC1CCN(Cc2nc3cc(Cl)ccc3n2Cc2ccccc2)CC1)C1CCCCC1. The predicted octanol–water partition coefficient (Wildman–Crippen LogP) is 5.40. The van der Waals surface area contributed by atoms with E-state index in [9.17, 15) is 4.79 Å². The molecule has 2 fully saturated rings. The number of halogens is 1. The summed E-state index contributed by atoms with van der Waals surface area (Å²) in [7, 11) is 0. The topological polar surface area (TPSA) is 50.2 Å². The van der Waals surface area contributed by atoms with Crippen molar-refractivity contribution in [3.8, 4) is 0 Å². The number of imidazole rings is 1. The van der Waals surface area contributed by atoms with Crippen LogP contribution >= 0.6 is 11.6 Å². The minimum atomic E-state index is 0.237. The molecule has 5 nitrogen and oxygen atoms in total. The summed E-state index contributed by atoms with van der Waals surface area (Å²) in [4.78, 5) is 20.1. The third-order valence-electron chi connectivity index (χ3n) is 7.25. The normalized spacial score (nSPS) is 18.6. The largest absolute Gasteiger partial charge is 0.353 e. The first kappa shape index (κ1) is 22.4. The van der Waals surface area contributed by atoms with Crippen molar-refractivity contribution in [3.63, 3.8) is 0 Å². The average Bonchev–Trinajstić information content (AvgIpc) is 3.17. The van der Waals surface area contributed by atoms with E-state index in [1.54, 1.807) is 0 Å². The molecule has 2 aliphatic rings. The van der Waals surface area contributed by atoms with Crippen LogP contribution in [0.1, 0.15) is 56.3 Å². The van der Waals surface area contributed by atoms with Gasteiger partial charge >= 0.3 is 0 Å². The molecule has 1 saturated carbocycles. The molecule has 0 bridgehead atoms. The van der Waals surface area contributed by atoms with Crippen molar-refractivity contribution in [1.82, 2.24) is 19.8 Å². The van der Waals surface area contributed by atoms with Crippen LogP contribution in [0.5, 0.6) is 0 Å². The molecule has 0 spiro atoms. The van der Waals surface area contributed by atoms with Gasteiger partial charge in [0, 0.05) is 36.6 Å². The van der Waals surface area contributed by atoms with Crippen molar-refractivity contribution < 1.29 is 4.79 Å². The molecule has 3 aromatic rings. The van der Waals surface area contributed by atoms with E-state index in [0.717, 1.165) is 68.7 Å². The molecule has 1 aliphatic carbocycles. The molecule has 174 valence electrons. The number of aromatic nitrogens is 2. The highest BCUT2D eigenvalue weighted by Crippen LogP contribution is 2.26. The summed E-state index contributed by atoms with van der Waals surface area (Å²) in [6, 6.07) is 16.8. The van der Waals surface area contributed by atoms with Crippen LogP contribution in [-0.4, -0.2) is 39.5 Å². The highest BCUT2D eigenvalue weighted by molar-refractivity contribution is 6.31. The number of hydrogen-bond donors (Lipinski definition) is 1. The van der Waals surface area contributed by atoms with Gasteiger partial charge in [-0.25, -0.2) is 4.98 Å². The number of likely N-dealkylation sites (tertiary alicyclic amines) is 1. The van der Waals surface area contributed by atoms with Crippen LogP contribution < -0.4 is 5.32 Å². The Morgan fingerprint density at radius 3 is 2.48 bits per heavy atom. The molecule has 6 heteroatoms. The second-order valence-corrected chi connectivity index (χ2v) is 10.1. The lowest BCUT2D eigenvalue weighted by Gasteiger charge is -2.33. The fourth-order valence-electron chi connectivity index (χ4n) is 5.34. The van der Waals surface area contributed by atoms with Gasteiger partial charge in [0.1, 0.15) is 5.82 Å². The number of carbonyl (C=O) groups is 1. The van der Waals surface area contributed by atoms with E-state index in [-0.39, 0.29) is 11.8 Å². The number of nitrogens with zero attached hydrogens (tertiary/aromatic N) is 3. The molecular weight excluding hydrogens is 432 g/mol. The lowest BCUT2D eigenvalue weighted by molar-refractivity contribution is -0.127. The number of carbonyl (C=O) groups excluding carboxylic acids is 1. The van der Waals surface area contributed by atoms with Gasteiger partial charge in [0.15, 0.2) is 0 Å². The summed E-state index contributed by atoms with van der Waals surface area (Å²) < 4.78 is 2.32. The first-order chi connectivity index (χ1) is 16.2. The van der Waals surface area contributed by atoms with Crippen molar-refractivity contribution in [2.24, 2.45) is 5.92 Å². The van der Waals surface area contributed by atoms with Crippen LogP contribution in [0.4, 0.5) is 0 Å². The van der Waals surface area contributed by atoms with Gasteiger partial charge in [-0.15, -0.1) is 0 Å². The summed E-state index contributed by atoms with van der Waals surface area (Å²) in [5, 5.41) is 4.06. The van der Waals surface area contributed by atoms with E-state index in [4.69, 9.17) is 16.6 Å². The molecule has 1 amide bonds. The Morgan fingerprint density at radius 2 is 1.73 bits per heavy atom. The molecule has 2 heterocycles. The summed E-state index contributed by atoms with van der Waals surface area (Å²) in [6.45, 7) is 3.56. The monoisotopic (exact) mass is 464 g/mol. The van der Waals surface area contributed by atoms with Crippen LogP contribution in [-0.2, 0) is 17.9 Å². The van der Waals surface area contributed by atoms with Gasteiger partial charge in [0.2, 0.25) is 5.91 Å². The zero-order chi connectivity index (χ0) is 22.6. The Hall–Kier alpha value is -2.37. The molecule has 2 aromatic carbocycles. The van der Waals surface area contributed by atoms with Gasteiger partial charge in [0.05, 0.1) is 17.6 Å².